The van der Waals surface area contributed by atoms with Crippen molar-refractivity contribution in [3.8, 4) is 11.5 Å². The predicted molar refractivity (Wildman–Crippen MR) is 90.4 cm³/mol. The molecule has 2 aromatic carbocycles. The number of rotatable bonds is 5. The molecule has 0 unspecified atom stereocenters. The van der Waals surface area contributed by atoms with Gasteiger partial charge in [-0.3, -0.25) is 14.5 Å². The quantitative estimate of drug-likeness (QED) is 0.794. The third kappa shape index (κ3) is 2.65. The molecule has 0 radical (unpaired) electrons. The number of imide groups is 1. The number of carbonyl (C=O) groups is 2. The number of hydrogen-bond donors (Lipinski definition) is 0. The van der Waals surface area contributed by atoms with Crippen molar-refractivity contribution in [2.24, 2.45) is 0 Å². The first-order valence-electron chi connectivity index (χ1n) is 7.50. The summed E-state index contributed by atoms with van der Waals surface area (Å²) < 4.78 is 10.6. The molecule has 0 bridgehead atoms. The van der Waals surface area contributed by atoms with Crippen LogP contribution in [0.4, 0.5) is 0 Å². The fraction of sp³-hybridized carbons (Fsp3) is 0.158. The summed E-state index contributed by atoms with van der Waals surface area (Å²) in [4.78, 5) is 25.9. The van der Waals surface area contributed by atoms with Gasteiger partial charge in [0.15, 0.2) is 0 Å². The molecule has 5 heteroatoms. The van der Waals surface area contributed by atoms with E-state index in [0.29, 0.717) is 22.6 Å². The van der Waals surface area contributed by atoms with Gasteiger partial charge in [0.05, 0.1) is 30.9 Å². The fourth-order valence-corrected chi connectivity index (χ4v) is 2.73. The lowest BCUT2D eigenvalue weighted by atomic mass is 10.1. The van der Waals surface area contributed by atoms with Gasteiger partial charge in [-0.25, -0.2) is 0 Å². The molecule has 2 aromatic rings. The van der Waals surface area contributed by atoms with Crippen molar-refractivity contribution in [1.29, 1.82) is 0 Å². The van der Waals surface area contributed by atoms with Crippen LogP contribution in [0.1, 0.15) is 26.3 Å². The Morgan fingerprint density at radius 3 is 1.92 bits per heavy atom. The number of amides is 2. The molecule has 1 aliphatic heterocycles. The number of hydrogen-bond acceptors (Lipinski definition) is 4. The van der Waals surface area contributed by atoms with E-state index in [9.17, 15) is 9.59 Å². The lowest BCUT2D eigenvalue weighted by Crippen LogP contribution is -2.29. The molecule has 2 amide bonds. The van der Waals surface area contributed by atoms with Crippen molar-refractivity contribution >= 4 is 17.9 Å². The van der Waals surface area contributed by atoms with Gasteiger partial charge in [-0.2, -0.15) is 0 Å². The summed E-state index contributed by atoms with van der Waals surface area (Å²) in [6.45, 7) is 0.188. The molecule has 0 aromatic heterocycles. The number of nitrogens with zero attached hydrogens (tertiary/aromatic N) is 1. The fourth-order valence-electron chi connectivity index (χ4n) is 2.73. The van der Waals surface area contributed by atoms with Gasteiger partial charge in [0.25, 0.3) is 11.8 Å². The van der Waals surface area contributed by atoms with Crippen LogP contribution in [0, 0.1) is 0 Å². The smallest absolute Gasteiger partial charge is 0.261 e. The van der Waals surface area contributed by atoms with Crippen molar-refractivity contribution in [2.75, 3.05) is 20.8 Å². The Hall–Kier alpha value is -3.08. The van der Waals surface area contributed by atoms with Gasteiger partial charge in [-0.05, 0) is 30.3 Å². The van der Waals surface area contributed by atoms with Crippen LogP contribution in [0.15, 0.2) is 48.5 Å². The second kappa shape index (κ2) is 6.58. The van der Waals surface area contributed by atoms with Crippen molar-refractivity contribution in [3.63, 3.8) is 0 Å². The van der Waals surface area contributed by atoms with Crippen LogP contribution in [0.2, 0.25) is 0 Å². The molecule has 0 fully saturated rings. The van der Waals surface area contributed by atoms with E-state index < -0.39 is 0 Å². The summed E-state index contributed by atoms with van der Waals surface area (Å²) in [6.07, 6.45) is 3.54. The Morgan fingerprint density at radius 1 is 0.875 bits per heavy atom. The lowest BCUT2D eigenvalue weighted by Gasteiger charge is -2.12. The normalized spacial score (nSPS) is 13.5. The summed E-state index contributed by atoms with van der Waals surface area (Å²) in [5.74, 6) is 0.778. The molecule has 0 saturated carbocycles. The highest BCUT2D eigenvalue weighted by Gasteiger charge is 2.34. The van der Waals surface area contributed by atoms with Crippen LogP contribution < -0.4 is 9.47 Å². The molecule has 0 atom stereocenters. The number of fused-ring (bicyclic) bond motifs is 1. The number of benzene rings is 2. The molecule has 0 N–H and O–H groups in total. The van der Waals surface area contributed by atoms with E-state index in [0.717, 1.165) is 5.56 Å². The number of ether oxygens (including phenoxy) is 2. The van der Waals surface area contributed by atoms with Crippen LogP contribution in [0.25, 0.3) is 6.08 Å². The molecule has 1 heterocycles. The van der Waals surface area contributed by atoms with E-state index in [1.54, 1.807) is 50.6 Å². The molecule has 1 aliphatic rings. The largest absolute Gasteiger partial charge is 0.496 e. The van der Waals surface area contributed by atoms with Crippen molar-refractivity contribution in [2.45, 2.75) is 0 Å². The first-order valence-corrected chi connectivity index (χ1v) is 7.50. The van der Waals surface area contributed by atoms with Gasteiger partial charge in [-0.15, -0.1) is 0 Å². The molecular formula is C19H17NO4. The molecule has 3 rings (SSSR count). The molecule has 122 valence electrons. The minimum absolute atomic E-state index is 0.188. The predicted octanol–water partition coefficient (Wildman–Crippen LogP) is 3.01. The van der Waals surface area contributed by atoms with E-state index in [-0.39, 0.29) is 18.4 Å². The monoisotopic (exact) mass is 323 g/mol. The maximum absolute atomic E-state index is 12.3. The van der Waals surface area contributed by atoms with Crippen molar-refractivity contribution < 1.29 is 19.1 Å². The third-order valence-corrected chi connectivity index (χ3v) is 3.92. The standard InChI is InChI=1S/C19H17NO4/c1-23-16-10-5-11-17(24-2)15(16)9-6-12-20-18(21)13-7-3-4-8-14(13)19(20)22/h3-11H,12H2,1-2H3/b9-6+. The summed E-state index contributed by atoms with van der Waals surface area (Å²) >= 11 is 0. The van der Waals surface area contributed by atoms with Crippen LogP contribution in [0.3, 0.4) is 0 Å². The van der Waals surface area contributed by atoms with E-state index in [4.69, 9.17) is 9.47 Å². The summed E-state index contributed by atoms with van der Waals surface area (Å²) in [7, 11) is 3.16. The Morgan fingerprint density at radius 2 is 1.42 bits per heavy atom. The highest BCUT2D eigenvalue weighted by Crippen LogP contribution is 2.29. The highest BCUT2D eigenvalue weighted by atomic mass is 16.5. The van der Waals surface area contributed by atoms with Crippen LogP contribution in [0.5, 0.6) is 11.5 Å². The second-order valence-electron chi connectivity index (χ2n) is 5.25. The average molecular weight is 323 g/mol. The molecule has 0 spiro atoms. The van der Waals surface area contributed by atoms with Crippen LogP contribution in [-0.2, 0) is 0 Å². The van der Waals surface area contributed by atoms with E-state index in [1.165, 1.54) is 4.90 Å². The Balaban J connectivity index is 1.82. The summed E-state index contributed by atoms with van der Waals surface area (Å²) in [5, 5.41) is 0. The van der Waals surface area contributed by atoms with E-state index in [1.807, 2.05) is 18.2 Å². The summed E-state index contributed by atoms with van der Waals surface area (Å²) in [5.41, 5.74) is 1.66. The molecule has 0 aliphatic carbocycles. The maximum Gasteiger partial charge on any atom is 0.261 e. The zero-order chi connectivity index (χ0) is 17.1. The topological polar surface area (TPSA) is 55.8 Å². The molecule has 0 saturated heterocycles. The van der Waals surface area contributed by atoms with Crippen LogP contribution in [-0.4, -0.2) is 37.5 Å². The molecule has 5 nitrogen and oxygen atoms in total. The van der Waals surface area contributed by atoms with Gasteiger partial charge >= 0.3 is 0 Å². The maximum atomic E-state index is 12.3. The minimum Gasteiger partial charge on any atom is -0.496 e. The Bertz CT molecular complexity index is 769. The van der Waals surface area contributed by atoms with Gasteiger partial charge in [-0.1, -0.05) is 24.3 Å². The third-order valence-electron chi connectivity index (χ3n) is 3.92. The zero-order valence-electron chi connectivity index (χ0n) is 13.5. The van der Waals surface area contributed by atoms with E-state index >= 15 is 0 Å². The number of carbonyl (C=O) groups excluding carboxylic acids is 2. The Kier molecular flexibility index (Phi) is 4.33. The average Bonchev–Trinajstić information content (AvgIpc) is 2.87. The summed E-state index contributed by atoms with van der Waals surface area (Å²) in [6, 6.07) is 12.3. The first-order chi connectivity index (χ1) is 11.7. The minimum atomic E-state index is -0.271. The van der Waals surface area contributed by atoms with Crippen molar-refractivity contribution in [1.82, 2.24) is 4.90 Å². The lowest BCUT2D eigenvalue weighted by molar-refractivity contribution is 0.0672. The SMILES string of the molecule is COc1cccc(OC)c1/C=C/CN1C(=O)c2ccccc2C1=O. The highest BCUT2D eigenvalue weighted by molar-refractivity contribution is 6.21. The van der Waals surface area contributed by atoms with E-state index in [2.05, 4.69) is 0 Å². The van der Waals surface area contributed by atoms with Gasteiger partial charge < -0.3 is 9.47 Å². The first kappa shape index (κ1) is 15.8. The Labute approximate surface area is 140 Å². The molecular weight excluding hydrogens is 306 g/mol. The van der Waals surface area contributed by atoms with Crippen molar-refractivity contribution in [3.05, 3.63) is 65.2 Å². The zero-order valence-corrected chi connectivity index (χ0v) is 13.5. The van der Waals surface area contributed by atoms with Gasteiger partial charge in [0, 0.05) is 6.54 Å². The van der Waals surface area contributed by atoms with Gasteiger partial charge in [0.1, 0.15) is 11.5 Å². The molecule has 24 heavy (non-hydrogen) atoms. The van der Waals surface area contributed by atoms with Crippen LogP contribution >= 0.6 is 0 Å². The second-order valence-corrected chi connectivity index (χ2v) is 5.25. The number of methoxy groups -OCH3 is 2. The van der Waals surface area contributed by atoms with Gasteiger partial charge in [0.2, 0.25) is 0 Å².